The molecule has 3 N–H and O–H groups in total. The van der Waals surface area contributed by atoms with E-state index in [4.69, 9.17) is 19.2 Å². The van der Waals surface area contributed by atoms with Gasteiger partial charge in [0.05, 0.1) is 7.11 Å². The number of aromatic nitrogens is 1. The molecule has 4 rings (SSSR count). The molecule has 9 nitrogen and oxygen atoms in total. The summed E-state index contributed by atoms with van der Waals surface area (Å²) in [4.78, 5) is 23.0. The number of carboxylic acid groups (broad SMARTS) is 2. The van der Waals surface area contributed by atoms with Gasteiger partial charge in [-0.25, -0.2) is 9.18 Å². The maximum Gasteiger partial charge on any atom is 0.343 e. The van der Waals surface area contributed by atoms with E-state index in [9.17, 15) is 14.3 Å². The zero-order valence-electron chi connectivity index (χ0n) is 17.5. The highest BCUT2D eigenvalue weighted by Crippen LogP contribution is 2.40. The number of rotatable bonds is 4. The Bertz CT molecular complexity index is 951. The fourth-order valence-corrected chi connectivity index (χ4v) is 4.22. The maximum atomic E-state index is 13.7. The topological polar surface area (TPSA) is 125 Å². The second-order valence-corrected chi connectivity index (χ2v) is 7.84. The third-order valence-electron chi connectivity index (χ3n) is 5.59. The number of nitrogens with zero attached hydrogens (tertiary/aromatic N) is 2. The van der Waals surface area contributed by atoms with Gasteiger partial charge in [-0.05, 0) is 44.0 Å². The molecule has 1 aromatic carbocycles. The van der Waals surface area contributed by atoms with Crippen molar-refractivity contribution < 1.29 is 33.5 Å². The summed E-state index contributed by atoms with van der Waals surface area (Å²) in [7, 11) is 1.36. The first-order valence-corrected chi connectivity index (χ1v) is 9.98. The van der Waals surface area contributed by atoms with Crippen LogP contribution in [0, 0.1) is 11.2 Å². The van der Waals surface area contributed by atoms with E-state index in [-0.39, 0.29) is 22.5 Å². The van der Waals surface area contributed by atoms with Crippen LogP contribution in [-0.4, -0.2) is 60.6 Å². The van der Waals surface area contributed by atoms with Gasteiger partial charge in [0, 0.05) is 37.5 Å². The van der Waals surface area contributed by atoms with Crippen molar-refractivity contribution in [3.63, 3.8) is 0 Å². The minimum absolute atomic E-state index is 0.00617. The maximum absolute atomic E-state index is 13.7. The molecule has 2 aromatic rings. The lowest BCUT2D eigenvalue weighted by Crippen LogP contribution is -2.45. The molecule has 0 saturated carbocycles. The van der Waals surface area contributed by atoms with Gasteiger partial charge in [-0.3, -0.25) is 4.79 Å². The van der Waals surface area contributed by atoms with E-state index >= 15 is 0 Å². The van der Waals surface area contributed by atoms with Crippen molar-refractivity contribution in [3.05, 3.63) is 29.6 Å². The Morgan fingerprint density at radius 1 is 1.32 bits per heavy atom. The SMILES string of the molecule is CC(=O)O.COc1cc(-c2onc(N3CCCC4(CCNC4)C3)c2C(=O)O)ccc1F. The Balaban J connectivity index is 0.000000628. The van der Waals surface area contributed by atoms with Gasteiger partial charge in [-0.15, -0.1) is 0 Å². The van der Waals surface area contributed by atoms with Gasteiger partial charge in [-0.1, -0.05) is 5.16 Å². The summed E-state index contributed by atoms with van der Waals surface area (Å²) in [5.41, 5.74) is 0.581. The fraction of sp³-hybridized carbons (Fsp3) is 0.476. The quantitative estimate of drug-likeness (QED) is 0.665. The zero-order chi connectivity index (χ0) is 22.6. The summed E-state index contributed by atoms with van der Waals surface area (Å²) in [5, 5.41) is 24.7. The number of methoxy groups -OCH3 is 1. The van der Waals surface area contributed by atoms with Crippen LogP contribution in [0.1, 0.15) is 36.5 Å². The first kappa shape index (κ1) is 22.5. The Morgan fingerprint density at radius 2 is 2.06 bits per heavy atom. The number of hydrogen-bond acceptors (Lipinski definition) is 7. The highest BCUT2D eigenvalue weighted by molar-refractivity contribution is 5.99. The summed E-state index contributed by atoms with van der Waals surface area (Å²) >= 11 is 0. The second-order valence-electron chi connectivity index (χ2n) is 7.84. The third-order valence-corrected chi connectivity index (χ3v) is 5.59. The van der Waals surface area contributed by atoms with Crippen molar-refractivity contribution in [1.29, 1.82) is 0 Å². The number of anilines is 1. The van der Waals surface area contributed by atoms with Gasteiger partial charge in [-0.2, -0.15) is 0 Å². The highest BCUT2D eigenvalue weighted by atomic mass is 19.1. The molecule has 0 amide bonds. The highest BCUT2D eigenvalue weighted by Gasteiger charge is 2.40. The van der Waals surface area contributed by atoms with Gasteiger partial charge in [0.1, 0.15) is 0 Å². The number of aliphatic carboxylic acids is 1. The molecule has 2 aliphatic rings. The van der Waals surface area contributed by atoms with Gasteiger partial charge in [0.25, 0.3) is 5.97 Å². The van der Waals surface area contributed by atoms with Gasteiger partial charge in [0.2, 0.25) is 0 Å². The van der Waals surface area contributed by atoms with Crippen LogP contribution in [0.25, 0.3) is 11.3 Å². The molecular formula is C21H26FN3O6. The van der Waals surface area contributed by atoms with Crippen LogP contribution < -0.4 is 15.0 Å². The predicted octanol–water partition coefficient (Wildman–Crippen LogP) is 2.86. The molecule has 2 aliphatic heterocycles. The van der Waals surface area contributed by atoms with E-state index in [1.165, 1.54) is 25.3 Å². The van der Waals surface area contributed by atoms with Crippen molar-refractivity contribution in [2.45, 2.75) is 26.2 Å². The molecule has 3 heterocycles. The van der Waals surface area contributed by atoms with E-state index in [0.29, 0.717) is 11.4 Å². The number of benzene rings is 1. The number of halogens is 1. The van der Waals surface area contributed by atoms with E-state index in [1.807, 2.05) is 4.90 Å². The van der Waals surface area contributed by atoms with Crippen molar-refractivity contribution in [1.82, 2.24) is 10.5 Å². The molecule has 31 heavy (non-hydrogen) atoms. The Kier molecular flexibility index (Phi) is 6.79. The molecule has 10 heteroatoms. The summed E-state index contributed by atoms with van der Waals surface area (Å²) in [6, 6.07) is 4.11. The van der Waals surface area contributed by atoms with Crippen LogP contribution in [0.3, 0.4) is 0 Å². The monoisotopic (exact) mass is 435 g/mol. The molecule has 168 valence electrons. The Hall–Kier alpha value is -3.14. The van der Waals surface area contributed by atoms with Crippen molar-refractivity contribution in [2.24, 2.45) is 5.41 Å². The summed E-state index contributed by atoms with van der Waals surface area (Å²) in [6.45, 7) is 4.49. The summed E-state index contributed by atoms with van der Waals surface area (Å²) in [6.07, 6.45) is 3.18. The molecule has 0 bridgehead atoms. The Morgan fingerprint density at radius 3 is 2.68 bits per heavy atom. The second kappa shape index (κ2) is 9.34. The van der Waals surface area contributed by atoms with E-state index in [2.05, 4.69) is 10.5 Å². The number of carbonyl (C=O) groups is 2. The Labute approximate surface area is 178 Å². The number of piperidine rings is 1. The van der Waals surface area contributed by atoms with Crippen molar-refractivity contribution >= 4 is 17.8 Å². The average Bonchev–Trinajstić information content (AvgIpc) is 3.35. The van der Waals surface area contributed by atoms with E-state index in [0.717, 1.165) is 52.4 Å². The molecule has 2 fully saturated rings. The van der Waals surface area contributed by atoms with Crippen LogP contribution in [0.2, 0.25) is 0 Å². The predicted molar refractivity (Wildman–Crippen MR) is 110 cm³/mol. The number of ether oxygens (including phenoxy) is 1. The van der Waals surface area contributed by atoms with Crippen LogP contribution in [0.4, 0.5) is 10.2 Å². The lowest BCUT2D eigenvalue weighted by molar-refractivity contribution is -0.134. The summed E-state index contributed by atoms with van der Waals surface area (Å²) < 4.78 is 24.1. The standard InChI is InChI=1S/C19H22FN3O4.C2H4O2/c1-26-14-9-12(3-4-13(14)20)16-15(18(24)25)17(22-27-16)23-8-2-5-19(11-23)6-7-21-10-19;1-2(3)4/h3-4,9,21H,2,5-8,10-11H2,1H3,(H,24,25);1H3,(H,3,4). The zero-order valence-corrected chi connectivity index (χ0v) is 17.5. The van der Waals surface area contributed by atoms with Crippen LogP contribution in [0.5, 0.6) is 5.75 Å². The van der Waals surface area contributed by atoms with Gasteiger partial charge in [0.15, 0.2) is 28.7 Å². The fourth-order valence-electron chi connectivity index (χ4n) is 4.22. The van der Waals surface area contributed by atoms with Gasteiger partial charge >= 0.3 is 5.97 Å². The minimum Gasteiger partial charge on any atom is -0.494 e. The number of carboxylic acids is 2. The van der Waals surface area contributed by atoms with Crippen molar-refractivity contribution in [2.75, 3.05) is 38.2 Å². The number of nitrogens with one attached hydrogen (secondary N) is 1. The van der Waals surface area contributed by atoms with Gasteiger partial charge < -0.3 is 29.7 Å². The molecule has 1 atom stereocenters. The largest absolute Gasteiger partial charge is 0.494 e. The normalized spacial score (nSPS) is 20.3. The molecule has 1 spiro atoms. The number of aromatic carboxylic acids is 1. The smallest absolute Gasteiger partial charge is 0.343 e. The van der Waals surface area contributed by atoms with E-state index < -0.39 is 17.8 Å². The molecular weight excluding hydrogens is 409 g/mol. The first-order valence-electron chi connectivity index (χ1n) is 9.98. The lowest BCUT2D eigenvalue weighted by atomic mass is 9.79. The number of hydrogen-bond donors (Lipinski definition) is 3. The molecule has 0 radical (unpaired) electrons. The van der Waals surface area contributed by atoms with Crippen molar-refractivity contribution in [3.8, 4) is 17.1 Å². The summed E-state index contributed by atoms with van der Waals surface area (Å²) in [5.74, 6) is -2.00. The van der Waals surface area contributed by atoms with Crippen LogP contribution in [-0.2, 0) is 4.79 Å². The molecule has 2 saturated heterocycles. The first-order chi connectivity index (χ1) is 14.8. The average molecular weight is 435 g/mol. The molecule has 1 unspecified atom stereocenters. The molecule has 1 aromatic heterocycles. The van der Waals surface area contributed by atoms with E-state index in [1.54, 1.807) is 0 Å². The third kappa shape index (κ3) is 4.96. The minimum atomic E-state index is -1.12. The molecule has 0 aliphatic carbocycles. The van der Waals surface area contributed by atoms with Crippen LogP contribution >= 0.6 is 0 Å². The lowest BCUT2D eigenvalue weighted by Gasteiger charge is -2.40. The van der Waals surface area contributed by atoms with Crippen LogP contribution in [0.15, 0.2) is 22.7 Å².